The van der Waals surface area contributed by atoms with Crippen molar-refractivity contribution in [2.45, 2.75) is 13.8 Å². The molecule has 0 amide bonds. The Morgan fingerprint density at radius 2 is 0.282 bits per heavy atom. The van der Waals surface area contributed by atoms with Gasteiger partial charge in [-0.3, -0.25) is 0 Å². The molecule has 1 aliphatic carbocycles. The number of hydrogen-bond donors (Lipinski definition) is 0. The number of hydrogen-bond acceptors (Lipinski definition) is 2. The van der Waals surface area contributed by atoms with Crippen LogP contribution in [0.2, 0.25) is 0 Å². The molecule has 0 saturated heterocycles. The molecule has 1 aliphatic rings. The van der Waals surface area contributed by atoms with Crippen LogP contribution in [-0.4, -0.2) is 0 Å². The van der Waals surface area contributed by atoms with Crippen molar-refractivity contribution in [3.05, 3.63) is 455 Å². The summed E-state index contributed by atoms with van der Waals surface area (Å²) >= 11 is 0. The van der Waals surface area contributed by atoms with E-state index in [-0.39, 0.29) is 19.5 Å². The normalized spacial score (nSPS) is 11.4. The molecule has 4 heterocycles. The van der Waals surface area contributed by atoms with Gasteiger partial charge in [0.1, 0.15) is 0 Å². The van der Waals surface area contributed by atoms with Gasteiger partial charge in [0.05, 0.1) is 78.9 Å². The molecule has 12 aromatic carbocycles. The Kier molecular flexibility index (Phi) is 20.1. The van der Waals surface area contributed by atoms with Gasteiger partial charge in [0.2, 0.25) is 0 Å². The van der Waals surface area contributed by atoms with Crippen LogP contribution in [0.5, 0.6) is 0 Å². The fourth-order valence-electron chi connectivity index (χ4n) is 14.3. The monoisotopic (exact) mass is 1370 g/mol. The second-order valence-corrected chi connectivity index (χ2v) is 24.6. The Labute approximate surface area is 616 Å². The minimum Gasteiger partial charge on any atom is -0.627 e. The summed E-state index contributed by atoms with van der Waals surface area (Å²) in [5.74, 6) is 3.50. The summed E-state index contributed by atoms with van der Waals surface area (Å²) in [7, 11) is 0. The first kappa shape index (κ1) is 67.0. The standard InChI is InChI=1S/C92H60N4.2C2H3N.Zn/c1-13-37-61(38-14-1)73-74(62-39-15-2-16-40-62)86-82(70-55-31-10-32-56-70)88-77(65-45-21-5-22-46-65)78(66-47-23-6-24-48-66)90(95-88)84(72-59-35-12-36-60-72)92-80(68-51-27-8-28-52-68)79(67-49-25-7-26-50-67)91(96-92)83(71-57-33-11-34-58-71)89-76(64-43-19-4-20-44-64)75(63-41-17-3-18-42-63)87(94-89)81(85(73)93-86)69-53-29-9-30-54-69;2*1-2-3;/h1-60H;2*1H3;. The number of benzene rings is 12. The van der Waals surface area contributed by atoms with Crippen molar-refractivity contribution in [1.29, 1.82) is 10.5 Å². The summed E-state index contributed by atoms with van der Waals surface area (Å²) in [6.45, 7) is 2.86. The summed E-state index contributed by atoms with van der Waals surface area (Å²) in [6.07, 6.45) is 0. The molecule has 103 heavy (non-hydrogen) atoms. The molecular weight excluding hydrogens is 1300 g/mol. The van der Waals surface area contributed by atoms with Crippen molar-refractivity contribution in [3.8, 4) is 101 Å². The third-order valence-corrected chi connectivity index (χ3v) is 18.4. The molecule has 0 N–H and O–H groups in total. The summed E-state index contributed by atoms with van der Waals surface area (Å²) in [5.41, 5.74) is 25.9. The van der Waals surface area contributed by atoms with Crippen LogP contribution in [0.15, 0.2) is 364 Å². The van der Waals surface area contributed by atoms with Crippen LogP contribution in [0.3, 0.4) is 0 Å². The van der Waals surface area contributed by atoms with Crippen LogP contribution < -0.4 is 19.9 Å². The van der Waals surface area contributed by atoms with Crippen LogP contribution in [-0.2, 0) is 19.5 Å². The van der Waals surface area contributed by atoms with E-state index in [1.165, 1.54) is 13.8 Å². The number of rotatable bonds is 12. The molecule has 482 valence electrons. The van der Waals surface area contributed by atoms with Crippen LogP contribution in [0.1, 0.15) is 81.7 Å². The molecule has 0 saturated carbocycles. The zero-order chi connectivity index (χ0) is 69.1. The Morgan fingerprint density at radius 1 is 0.184 bits per heavy atom. The van der Waals surface area contributed by atoms with Gasteiger partial charge in [-0.25, -0.2) is 0 Å². The van der Waals surface area contributed by atoms with Crippen molar-refractivity contribution in [1.82, 2.24) is 19.9 Å². The summed E-state index contributed by atoms with van der Waals surface area (Å²) < 4.78 is 0. The van der Waals surface area contributed by atoms with E-state index in [1.807, 2.05) is 0 Å². The van der Waals surface area contributed by atoms with Crippen LogP contribution in [0, 0.1) is 46.3 Å². The van der Waals surface area contributed by atoms with Crippen molar-refractivity contribution in [2.24, 2.45) is 0 Å². The van der Waals surface area contributed by atoms with Gasteiger partial charge in [-0.1, -0.05) is 146 Å². The van der Waals surface area contributed by atoms with Crippen LogP contribution >= 0.6 is 0 Å². The first-order valence-corrected chi connectivity index (χ1v) is 34.2. The van der Waals surface area contributed by atoms with Crippen molar-refractivity contribution in [3.63, 3.8) is 0 Å². The summed E-state index contributed by atoms with van der Waals surface area (Å²) in [5, 5.41) is 14.6. The van der Waals surface area contributed by atoms with E-state index in [0.29, 0.717) is 0 Å². The van der Waals surface area contributed by atoms with Crippen LogP contribution in [0.25, 0.3) is 89.0 Å². The quantitative estimate of drug-likeness (QED) is 0.0891. The molecule has 7 heteroatoms. The topological polar surface area (TPSA) is 104 Å². The van der Waals surface area contributed by atoms with Crippen molar-refractivity contribution in [2.75, 3.05) is 0 Å². The Bertz CT molecular complexity index is 4580. The smallest absolute Gasteiger partial charge is 0.0768 e. The number of aromatic nitrogens is 4. The van der Waals surface area contributed by atoms with Crippen molar-refractivity contribution < 1.29 is 19.5 Å². The van der Waals surface area contributed by atoms with E-state index in [2.05, 4.69) is 364 Å². The van der Waals surface area contributed by atoms with Gasteiger partial charge >= 0.3 is 0 Å². The maximum Gasteiger partial charge on any atom is 0.0768 e. The Balaban J connectivity index is 0.00000124. The predicted molar refractivity (Wildman–Crippen MR) is 413 cm³/mol. The first-order chi connectivity index (χ1) is 50.6. The molecule has 8 bridgehead atoms. The number of fused-ring (bicyclic) bond motifs is 12. The minimum absolute atomic E-state index is 0. The van der Waals surface area contributed by atoms with E-state index in [1.54, 1.807) is 12.1 Å². The first-order valence-electron chi connectivity index (χ1n) is 34.2. The Morgan fingerprint density at radius 3 is 0.388 bits per heavy atom. The molecule has 4 aromatic heterocycles. The minimum atomic E-state index is 0. The molecule has 0 aliphatic heterocycles. The second kappa shape index (κ2) is 30.9. The van der Waals surface area contributed by atoms with Gasteiger partial charge in [-0.2, -0.15) is 10.5 Å². The molecule has 0 unspecified atom stereocenters. The van der Waals surface area contributed by atoms with Crippen molar-refractivity contribution >= 4 is 0 Å². The molecule has 16 aromatic rings. The summed E-state index contributed by atoms with van der Waals surface area (Å²) in [4.78, 5) is 25.8. The van der Waals surface area contributed by atoms with Gasteiger partial charge in [0, 0.05) is 150 Å². The molecule has 0 atom stereocenters. The molecular formula is C96H66N6Zn. The van der Waals surface area contributed by atoms with Crippen LogP contribution in [0.4, 0.5) is 0 Å². The molecule has 6 nitrogen and oxygen atoms in total. The fourth-order valence-corrected chi connectivity index (χ4v) is 14.3. The van der Waals surface area contributed by atoms with Gasteiger partial charge in [0.15, 0.2) is 0 Å². The van der Waals surface area contributed by atoms with E-state index in [4.69, 9.17) is 30.5 Å². The molecule has 0 radical (unpaired) electrons. The Hall–Kier alpha value is -13.2. The van der Waals surface area contributed by atoms with Gasteiger partial charge in [-0.15, -0.1) is 0 Å². The average molecular weight is 1370 g/mol. The number of nitrogens with zero attached hydrogens (tertiary/aromatic N) is 6. The van der Waals surface area contributed by atoms with Gasteiger partial charge in [0.25, 0.3) is 0 Å². The SMILES string of the molecule is CC#N.CC#N.[Zn].c1ccc(-c2c3[n-]c(c2-c2ccccc2)[C+](c2ccccc2)c2[n-]c(c(-c4ccccc4)c2-c2ccccc2)[C+](c2ccccc2)c2[n-]c(c(-c4ccccc4)c2-c2ccccc2)[C+](c2ccccc2)c2[n-]c(c(-c4ccccc4)c2-c2ccccc2)[C+]3c2ccccc2)cc1. The average Bonchev–Trinajstić information content (AvgIpc) is 1.53. The summed E-state index contributed by atoms with van der Waals surface area (Å²) in [6, 6.07) is 134. The van der Waals surface area contributed by atoms with Gasteiger partial charge in [-0.05, 0) is 215 Å². The van der Waals surface area contributed by atoms with Gasteiger partial charge < -0.3 is 19.9 Å². The second-order valence-electron chi connectivity index (χ2n) is 24.6. The maximum atomic E-state index is 7.32. The zero-order valence-corrected chi connectivity index (χ0v) is 60.0. The zero-order valence-electron chi connectivity index (χ0n) is 57.0. The molecule has 0 spiro atoms. The largest absolute Gasteiger partial charge is 0.627 e. The fraction of sp³-hybridized carbons (Fsp3) is 0.0208. The molecule has 17 rings (SSSR count). The maximum absolute atomic E-state index is 7.32. The van der Waals surface area contributed by atoms with E-state index >= 15 is 0 Å². The molecule has 0 fully saturated rings. The number of nitriles is 2. The third kappa shape index (κ3) is 13.0. The van der Waals surface area contributed by atoms with E-state index < -0.39 is 0 Å². The van der Waals surface area contributed by atoms with E-state index in [9.17, 15) is 0 Å². The predicted octanol–water partition coefficient (Wildman–Crippen LogP) is 22.3. The van der Waals surface area contributed by atoms with E-state index in [0.717, 1.165) is 180 Å². The third-order valence-electron chi connectivity index (χ3n) is 18.4.